The Morgan fingerprint density at radius 2 is 1.56 bits per heavy atom. The Hall–Kier alpha value is -0.0800. The van der Waals surface area contributed by atoms with Crippen molar-refractivity contribution in [3.8, 4) is 0 Å². The molecule has 0 aromatic heterocycles. The van der Waals surface area contributed by atoms with Crippen LogP contribution >= 0.6 is 0 Å². The summed E-state index contributed by atoms with van der Waals surface area (Å²) in [5, 5.41) is 3.68. The highest BCUT2D eigenvalue weighted by Gasteiger charge is 2.50. The fraction of sp³-hybridized carbons (Fsp3) is 1.00. The number of hydrogen-bond donors (Lipinski definition) is 1. The Morgan fingerprint density at radius 1 is 1.06 bits per heavy atom. The first-order valence-corrected chi connectivity index (χ1v) is 6.37. The summed E-state index contributed by atoms with van der Waals surface area (Å²) < 4.78 is 6.09. The fourth-order valence-corrected chi connectivity index (χ4v) is 2.28. The number of ether oxygens (including phenoxy) is 1. The van der Waals surface area contributed by atoms with E-state index in [9.17, 15) is 0 Å². The quantitative estimate of drug-likeness (QED) is 0.781. The van der Waals surface area contributed by atoms with Crippen LogP contribution in [0.15, 0.2) is 0 Å². The summed E-state index contributed by atoms with van der Waals surface area (Å²) in [7, 11) is 0. The molecule has 1 rings (SSSR count). The zero-order chi connectivity index (χ0) is 12.8. The summed E-state index contributed by atoms with van der Waals surface area (Å²) in [6, 6.07) is 0.569. The predicted octanol–water partition coefficient (Wildman–Crippen LogP) is 3.36. The highest BCUT2D eigenvalue weighted by Crippen LogP contribution is 2.45. The third-order valence-corrected chi connectivity index (χ3v) is 3.28. The van der Waals surface area contributed by atoms with Gasteiger partial charge in [0.2, 0.25) is 0 Å². The normalized spacial score (nSPS) is 30.0. The van der Waals surface area contributed by atoms with Crippen LogP contribution in [0, 0.1) is 5.41 Å². The summed E-state index contributed by atoms with van der Waals surface area (Å²) in [5.41, 5.74) is 0.393. The van der Waals surface area contributed by atoms with Crippen LogP contribution in [0.5, 0.6) is 0 Å². The van der Waals surface area contributed by atoms with Crippen LogP contribution in [-0.2, 0) is 4.74 Å². The lowest BCUT2D eigenvalue weighted by atomic mass is 9.63. The Labute approximate surface area is 101 Å². The molecule has 0 aliphatic heterocycles. The molecule has 0 aromatic carbocycles. The third-order valence-electron chi connectivity index (χ3n) is 3.28. The first-order valence-electron chi connectivity index (χ1n) is 6.37. The monoisotopic (exact) mass is 227 g/mol. The first-order chi connectivity index (χ1) is 6.92. The van der Waals surface area contributed by atoms with Crippen LogP contribution in [0.4, 0.5) is 0 Å². The third kappa shape index (κ3) is 3.46. The Bertz CT molecular complexity index is 220. The molecule has 1 aliphatic rings. The van der Waals surface area contributed by atoms with Gasteiger partial charge < -0.3 is 10.1 Å². The van der Waals surface area contributed by atoms with Crippen LogP contribution in [-0.4, -0.2) is 23.3 Å². The molecule has 2 heteroatoms. The van der Waals surface area contributed by atoms with Gasteiger partial charge in [0.05, 0.1) is 11.7 Å². The summed E-state index contributed by atoms with van der Waals surface area (Å²) in [5.74, 6) is 0. The molecule has 0 bridgehead atoms. The molecule has 2 unspecified atom stereocenters. The Morgan fingerprint density at radius 3 is 1.88 bits per heavy atom. The molecule has 96 valence electrons. The minimum atomic E-state index is -0.0331. The molecular weight excluding hydrogens is 198 g/mol. The Kier molecular flexibility index (Phi) is 3.49. The largest absolute Gasteiger partial charge is 0.372 e. The second-order valence-corrected chi connectivity index (χ2v) is 7.72. The van der Waals surface area contributed by atoms with Gasteiger partial charge in [-0.2, -0.15) is 0 Å². The zero-order valence-corrected chi connectivity index (χ0v) is 12.3. The van der Waals surface area contributed by atoms with Gasteiger partial charge in [0.1, 0.15) is 0 Å². The molecule has 1 saturated carbocycles. The van der Waals surface area contributed by atoms with E-state index in [4.69, 9.17) is 4.74 Å². The SMILES string of the molecule is CC(C)(C)NC1CC(OC(C)(C)C)C1(C)C. The predicted molar refractivity (Wildman–Crippen MR) is 69.7 cm³/mol. The minimum absolute atomic E-state index is 0.0331. The molecule has 0 spiro atoms. The van der Waals surface area contributed by atoms with Crippen molar-refractivity contribution in [3.63, 3.8) is 0 Å². The van der Waals surface area contributed by atoms with E-state index in [1.54, 1.807) is 0 Å². The summed E-state index contributed by atoms with van der Waals surface area (Å²) in [6.45, 7) is 17.7. The van der Waals surface area contributed by atoms with Crippen molar-refractivity contribution in [3.05, 3.63) is 0 Å². The average molecular weight is 227 g/mol. The van der Waals surface area contributed by atoms with Crippen molar-refractivity contribution in [2.45, 2.75) is 85.1 Å². The Balaban J connectivity index is 2.54. The van der Waals surface area contributed by atoms with Gasteiger partial charge in [-0.15, -0.1) is 0 Å². The maximum absolute atomic E-state index is 6.09. The van der Waals surface area contributed by atoms with Crippen molar-refractivity contribution >= 4 is 0 Å². The average Bonchev–Trinajstić information content (AvgIpc) is 1.98. The van der Waals surface area contributed by atoms with Gasteiger partial charge in [-0.25, -0.2) is 0 Å². The van der Waals surface area contributed by atoms with Crippen LogP contribution < -0.4 is 5.32 Å². The van der Waals surface area contributed by atoms with Crippen molar-refractivity contribution in [2.24, 2.45) is 5.41 Å². The van der Waals surface area contributed by atoms with Crippen LogP contribution in [0.3, 0.4) is 0 Å². The summed E-state index contributed by atoms with van der Waals surface area (Å²) in [4.78, 5) is 0. The van der Waals surface area contributed by atoms with Gasteiger partial charge in [0, 0.05) is 17.0 Å². The van der Waals surface area contributed by atoms with E-state index in [0.29, 0.717) is 12.1 Å². The molecule has 0 saturated heterocycles. The van der Waals surface area contributed by atoms with Gasteiger partial charge in [0.15, 0.2) is 0 Å². The van der Waals surface area contributed by atoms with Gasteiger partial charge in [-0.1, -0.05) is 13.8 Å². The lowest BCUT2D eigenvalue weighted by Crippen LogP contribution is -2.65. The minimum Gasteiger partial charge on any atom is -0.372 e. The summed E-state index contributed by atoms with van der Waals surface area (Å²) >= 11 is 0. The zero-order valence-electron chi connectivity index (χ0n) is 12.3. The van der Waals surface area contributed by atoms with Crippen molar-refractivity contribution in [2.75, 3.05) is 0 Å². The van der Waals surface area contributed by atoms with Crippen LogP contribution in [0.25, 0.3) is 0 Å². The number of hydrogen-bond acceptors (Lipinski definition) is 2. The van der Waals surface area contributed by atoms with E-state index in [-0.39, 0.29) is 16.6 Å². The van der Waals surface area contributed by atoms with E-state index in [0.717, 1.165) is 6.42 Å². The van der Waals surface area contributed by atoms with Gasteiger partial charge in [-0.3, -0.25) is 0 Å². The lowest BCUT2D eigenvalue weighted by molar-refractivity contribution is -0.175. The maximum Gasteiger partial charge on any atom is 0.0663 e. The molecule has 2 atom stereocenters. The second kappa shape index (κ2) is 3.99. The second-order valence-electron chi connectivity index (χ2n) is 7.72. The maximum atomic E-state index is 6.09. The van der Waals surface area contributed by atoms with Crippen molar-refractivity contribution < 1.29 is 4.74 Å². The molecule has 0 amide bonds. The number of rotatable bonds is 2. The molecule has 0 radical (unpaired) electrons. The van der Waals surface area contributed by atoms with Crippen LogP contribution in [0.2, 0.25) is 0 Å². The highest BCUT2D eigenvalue weighted by atomic mass is 16.5. The van der Waals surface area contributed by atoms with Crippen molar-refractivity contribution in [1.29, 1.82) is 0 Å². The van der Waals surface area contributed by atoms with E-state index in [2.05, 4.69) is 60.7 Å². The van der Waals surface area contributed by atoms with E-state index < -0.39 is 0 Å². The van der Waals surface area contributed by atoms with Gasteiger partial charge >= 0.3 is 0 Å². The molecule has 1 N–H and O–H groups in total. The van der Waals surface area contributed by atoms with Crippen LogP contribution in [0.1, 0.15) is 61.8 Å². The van der Waals surface area contributed by atoms with Crippen molar-refractivity contribution in [1.82, 2.24) is 5.32 Å². The van der Waals surface area contributed by atoms with Gasteiger partial charge in [-0.05, 0) is 48.0 Å². The molecular formula is C14H29NO. The van der Waals surface area contributed by atoms with E-state index >= 15 is 0 Å². The molecule has 1 aliphatic carbocycles. The first kappa shape index (κ1) is 14.0. The molecule has 2 nitrogen and oxygen atoms in total. The number of nitrogens with one attached hydrogen (secondary N) is 1. The fourth-order valence-electron chi connectivity index (χ4n) is 2.28. The molecule has 0 heterocycles. The molecule has 0 aromatic rings. The molecule has 1 fully saturated rings. The highest BCUT2D eigenvalue weighted by molar-refractivity contribution is 5.05. The van der Waals surface area contributed by atoms with E-state index in [1.807, 2.05) is 0 Å². The lowest BCUT2D eigenvalue weighted by Gasteiger charge is -2.55. The standard InChI is InChI=1S/C14H29NO/c1-12(2,3)15-10-9-11(14(10,7)8)16-13(4,5)6/h10-11,15H,9H2,1-8H3. The van der Waals surface area contributed by atoms with Gasteiger partial charge in [0.25, 0.3) is 0 Å². The van der Waals surface area contributed by atoms with E-state index in [1.165, 1.54) is 0 Å². The topological polar surface area (TPSA) is 21.3 Å². The smallest absolute Gasteiger partial charge is 0.0663 e. The molecule has 16 heavy (non-hydrogen) atoms. The summed E-state index contributed by atoms with van der Waals surface area (Å²) in [6.07, 6.45) is 1.51.